The molecule has 2 saturated heterocycles. The SMILES string of the molecule is Cc1nc(N2CCC(C)CC2)cc(N2CCN(c3cccc(C)c3C)CC2)n1. The number of piperazine rings is 1. The molecule has 0 radical (unpaired) electrons. The number of aryl methyl sites for hydroxylation is 2. The summed E-state index contributed by atoms with van der Waals surface area (Å²) < 4.78 is 0. The van der Waals surface area contributed by atoms with Gasteiger partial charge in [-0.15, -0.1) is 0 Å². The van der Waals surface area contributed by atoms with Gasteiger partial charge in [-0.05, 0) is 56.7 Å². The van der Waals surface area contributed by atoms with Crippen LogP contribution >= 0.6 is 0 Å². The van der Waals surface area contributed by atoms with Crippen molar-refractivity contribution in [3.8, 4) is 0 Å². The minimum absolute atomic E-state index is 0.830. The number of benzene rings is 1. The Labute approximate surface area is 169 Å². The lowest BCUT2D eigenvalue weighted by atomic mass is 9.99. The molecule has 0 aliphatic carbocycles. The molecule has 0 amide bonds. The summed E-state index contributed by atoms with van der Waals surface area (Å²) in [5.74, 6) is 3.90. The van der Waals surface area contributed by atoms with E-state index in [1.165, 1.54) is 29.7 Å². The highest BCUT2D eigenvalue weighted by atomic mass is 15.3. The molecule has 1 aromatic heterocycles. The zero-order chi connectivity index (χ0) is 19.7. The van der Waals surface area contributed by atoms with Crippen molar-refractivity contribution in [2.75, 3.05) is 54.0 Å². The molecule has 0 spiro atoms. The van der Waals surface area contributed by atoms with Crippen LogP contribution in [-0.4, -0.2) is 49.2 Å². The molecular weight excluding hydrogens is 346 g/mol. The van der Waals surface area contributed by atoms with Crippen molar-refractivity contribution >= 4 is 17.3 Å². The molecule has 5 heteroatoms. The van der Waals surface area contributed by atoms with Crippen molar-refractivity contribution in [1.29, 1.82) is 0 Å². The zero-order valence-corrected chi connectivity index (χ0v) is 17.8. The molecule has 0 bridgehead atoms. The summed E-state index contributed by atoms with van der Waals surface area (Å²) in [6, 6.07) is 8.82. The van der Waals surface area contributed by atoms with Gasteiger partial charge in [0.2, 0.25) is 0 Å². The first-order valence-electron chi connectivity index (χ1n) is 10.7. The maximum absolute atomic E-state index is 4.77. The van der Waals surface area contributed by atoms with Crippen molar-refractivity contribution in [1.82, 2.24) is 9.97 Å². The number of rotatable bonds is 3. The van der Waals surface area contributed by atoms with Crippen LogP contribution in [0.2, 0.25) is 0 Å². The predicted octanol–water partition coefficient (Wildman–Crippen LogP) is 3.96. The molecule has 28 heavy (non-hydrogen) atoms. The van der Waals surface area contributed by atoms with Gasteiger partial charge in [0.15, 0.2) is 0 Å². The summed E-state index contributed by atoms with van der Waals surface area (Å²) in [7, 11) is 0. The first-order chi connectivity index (χ1) is 13.5. The Kier molecular flexibility index (Phi) is 5.42. The van der Waals surface area contributed by atoms with Crippen LogP contribution in [0.15, 0.2) is 24.3 Å². The largest absolute Gasteiger partial charge is 0.368 e. The Balaban J connectivity index is 1.46. The number of piperidine rings is 1. The number of hydrogen-bond donors (Lipinski definition) is 0. The van der Waals surface area contributed by atoms with Crippen molar-refractivity contribution in [3.63, 3.8) is 0 Å². The lowest BCUT2D eigenvalue weighted by Gasteiger charge is -2.38. The third-order valence-electron chi connectivity index (χ3n) is 6.44. The Bertz CT molecular complexity index is 818. The molecule has 2 aliphatic rings. The van der Waals surface area contributed by atoms with E-state index in [0.717, 1.165) is 62.6 Å². The highest BCUT2D eigenvalue weighted by molar-refractivity contribution is 5.58. The third kappa shape index (κ3) is 3.94. The molecule has 2 aliphatic heterocycles. The molecule has 2 fully saturated rings. The lowest BCUT2D eigenvalue weighted by Crippen LogP contribution is -2.47. The summed E-state index contributed by atoms with van der Waals surface area (Å²) in [6.45, 7) is 15.1. The zero-order valence-electron chi connectivity index (χ0n) is 17.8. The average molecular weight is 380 g/mol. The summed E-state index contributed by atoms with van der Waals surface area (Å²) >= 11 is 0. The number of aromatic nitrogens is 2. The molecule has 1 aromatic carbocycles. The quantitative estimate of drug-likeness (QED) is 0.806. The summed E-state index contributed by atoms with van der Waals surface area (Å²) in [5.41, 5.74) is 4.14. The van der Waals surface area contributed by atoms with Gasteiger partial charge < -0.3 is 14.7 Å². The van der Waals surface area contributed by atoms with Gasteiger partial charge in [0.1, 0.15) is 17.5 Å². The molecular formula is C23H33N5. The van der Waals surface area contributed by atoms with Gasteiger partial charge in [0.25, 0.3) is 0 Å². The van der Waals surface area contributed by atoms with Crippen LogP contribution in [0.5, 0.6) is 0 Å². The van der Waals surface area contributed by atoms with Crippen LogP contribution in [0.1, 0.15) is 36.7 Å². The fourth-order valence-corrected chi connectivity index (χ4v) is 4.35. The van der Waals surface area contributed by atoms with Crippen molar-refractivity contribution in [3.05, 3.63) is 41.2 Å². The second kappa shape index (κ2) is 7.98. The van der Waals surface area contributed by atoms with Crippen LogP contribution < -0.4 is 14.7 Å². The topological polar surface area (TPSA) is 35.5 Å². The number of nitrogens with zero attached hydrogens (tertiary/aromatic N) is 5. The van der Waals surface area contributed by atoms with Crippen LogP contribution in [0, 0.1) is 26.7 Å². The molecule has 150 valence electrons. The second-order valence-electron chi connectivity index (χ2n) is 8.49. The van der Waals surface area contributed by atoms with Crippen molar-refractivity contribution in [2.24, 2.45) is 5.92 Å². The van der Waals surface area contributed by atoms with Gasteiger partial charge in [-0.3, -0.25) is 0 Å². The van der Waals surface area contributed by atoms with Gasteiger partial charge in [-0.25, -0.2) is 9.97 Å². The van der Waals surface area contributed by atoms with E-state index in [2.05, 4.69) is 59.7 Å². The maximum Gasteiger partial charge on any atom is 0.134 e. The number of hydrogen-bond acceptors (Lipinski definition) is 5. The van der Waals surface area contributed by atoms with E-state index in [4.69, 9.17) is 9.97 Å². The Morgan fingerprint density at radius 3 is 2.00 bits per heavy atom. The van der Waals surface area contributed by atoms with E-state index in [-0.39, 0.29) is 0 Å². The lowest BCUT2D eigenvalue weighted by molar-refractivity contribution is 0.436. The van der Waals surface area contributed by atoms with Crippen LogP contribution in [0.25, 0.3) is 0 Å². The third-order valence-corrected chi connectivity index (χ3v) is 6.44. The molecule has 0 N–H and O–H groups in total. The van der Waals surface area contributed by atoms with Crippen molar-refractivity contribution in [2.45, 2.75) is 40.5 Å². The molecule has 0 saturated carbocycles. The van der Waals surface area contributed by atoms with Gasteiger partial charge in [0, 0.05) is 51.0 Å². The normalized spacial score (nSPS) is 18.6. The van der Waals surface area contributed by atoms with Crippen LogP contribution in [0.3, 0.4) is 0 Å². The monoisotopic (exact) mass is 379 g/mol. The smallest absolute Gasteiger partial charge is 0.134 e. The fraction of sp³-hybridized carbons (Fsp3) is 0.565. The molecule has 0 atom stereocenters. The summed E-state index contributed by atoms with van der Waals surface area (Å²) in [6.07, 6.45) is 2.51. The number of anilines is 3. The Hall–Kier alpha value is -2.30. The van der Waals surface area contributed by atoms with Gasteiger partial charge in [0.05, 0.1) is 0 Å². The van der Waals surface area contributed by atoms with Crippen molar-refractivity contribution < 1.29 is 0 Å². The first kappa shape index (κ1) is 19.0. The predicted molar refractivity (Wildman–Crippen MR) is 118 cm³/mol. The average Bonchev–Trinajstić information content (AvgIpc) is 2.70. The van der Waals surface area contributed by atoms with E-state index >= 15 is 0 Å². The van der Waals surface area contributed by atoms with Gasteiger partial charge in [-0.1, -0.05) is 19.1 Å². The molecule has 5 nitrogen and oxygen atoms in total. The summed E-state index contributed by atoms with van der Waals surface area (Å²) in [4.78, 5) is 16.9. The summed E-state index contributed by atoms with van der Waals surface area (Å²) in [5, 5.41) is 0. The molecule has 4 rings (SSSR count). The minimum atomic E-state index is 0.830. The minimum Gasteiger partial charge on any atom is -0.368 e. The van der Waals surface area contributed by atoms with Gasteiger partial charge >= 0.3 is 0 Å². The Morgan fingerprint density at radius 1 is 0.786 bits per heavy atom. The van der Waals surface area contributed by atoms with E-state index in [1.54, 1.807) is 0 Å². The maximum atomic E-state index is 4.77. The van der Waals surface area contributed by atoms with E-state index in [1.807, 2.05) is 6.92 Å². The van der Waals surface area contributed by atoms with Crippen LogP contribution in [-0.2, 0) is 0 Å². The molecule has 2 aromatic rings. The molecule has 3 heterocycles. The van der Waals surface area contributed by atoms with E-state index in [0.29, 0.717) is 0 Å². The fourth-order valence-electron chi connectivity index (χ4n) is 4.35. The standard InChI is InChI=1S/C23H33N5/c1-17-8-10-27(11-9-17)22-16-23(25-20(4)24-22)28-14-12-26(13-15-28)21-7-5-6-18(2)19(21)3/h5-7,16-17H,8-15H2,1-4H3. The highest BCUT2D eigenvalue weighted by Crippen LogP contribution is 2.27. The highest BCUT2D eigenvalue weighted by Gasteiger charge is 2.22. The van der Waals surface area contributed by atoms with E-state index in [9.17, 15) is 0 Å². The van der Waals surface area contributed by atoms with Crippen LogP contribution in [0.4, 0.5) is 17.3 Å². The van der Waals surface area contributed by atoms with E-state index < -0.39 is 0 Å². The first-order valence-corrected chi connectivity index (χ1v) is 10.7. The van der Waals surface area contributed by atoms with Gasteiger partial charge in [-0.2, -0.15) is 0 Å². The Morgan fingerprint density at radius 2 is 1.36 bits per heavy atom. The second-order valence-corrected chi connectivity index (χ2v) is 8.49. The molecule has 0 unspecified atom stereocenters.